The Morgan fingerprint density at radius 3 is 2.37 bits per heavy atom. The van der Waals surface area contributed by atoms with Crippen LogP contribution < -0.4 is 0 Å². The first-order valence-corrected chi connectivity index (χ1v) is 11.3. The summed E-state index contributed by atoms with van der Waals surface area (Å²) >= 11 is 0. The monoisotopic (exact) mass is 413 g/mol. The van der Waals surface area contributed by atoms with E-state index in [1.54, 1.807) is 12.3 Å². The number of rotatable bonds is 4. The number of hydrogen-bond acceptors (Lipinski definition) is 4. The van der Waals surface area contributed by atoms with Gasteiger partial charge in [0.05, 0.1) is 23.8 Å². The van der Waals surface area contributed by atoms with Gasteiger partial charge in [-0.25, -0.2) is 19.0 Å². The SMILES string of the molecule is CC.CCC.Cc1ccc(-c2ncnc3c2cnn3CCN2CCCCC2)c(F)c1. The lowest BCUT2D eigenvalue weighted by Gasteiger charge is -2.26. The minimum Gasteiger partial charge on any atom is -0.301 e. The summed E-state index contributed by atoms with van der Waals surface area (Å²) in [6.07, 6.45) is 8.38. The Bertz CT molecular complexity index is 900. The molecule has 2 aromatic heterocycles. The lowest BCUT2D eigenvalue weighted by Crippen LogP contribution is -2.32. The van der Waals surface area contributed by atoms with Gasteiger partial charge in [0.15, 0.2) is 5.65 Å². The second-order valence-corrected chi connectivity index (χ2v) is 7.42. The maximum atomic E-state index is 14.4. The fourth-order valence-corrected chi connectivity index (χ4v) is 3.50. The van der Waals surface area contributed by atoms with E-state index < -0.39 is 0 Å². The first-order chi connectivity index (χ1) is 14.6. The van der Waals surface area contributed by atoms with Crippen LogP contribution in [0.5, 0.6) is 0 Å². The molecule has 164 valence electrons. The summed E-state index contributed by atoms with van der Waals surface area (Å²) in [4.78, 5) is 11.2. The number of aryl methyl sites for hydroxylation is 1. The molecule has 3 heterocycles. The van der Waals surface area contributed by atoms with Crippen molar-refractivity contribution in [2.24, 2.45) is 0 Å². The third-order valence-electron chi connectivity index (χ3n) is 4.89. The van der Waals surface area contributed by atoms with E-state index in [1.807, 2.05) is 31.5 Å². The molecule has 4 rings (SSSR count). The molecular weight excluding hydrogens is 377 g/mol. The molecule has 0 saturated carbocycles. The van der Waals surface area contributed by atoms with Crippen molar-refractivity contribution in [1.29, 1.82) is 0 Å². The summed E-state index contributed by atoms with van der Waals surface area (Å²) in [6, 6.07) is 5.20. The predicted molar refractivity (Wildman–Crippen MR) is 123 cm³/mol. The van der Waals surface area contributed by atoms with Crippen molar-refractivity contribution in [1.82, 2.24) is 24.6 Å². The molecule has 0 radical (unpaired) electrons. The van der Waals surface area contributed by atoms with Crippen molar-refractivity contribution in [3.8, 4) is 11.3 Å². The molecule has 0 aliphatic carbocycles. The van der Waals surface area contributed by atoms with Crippen LogP contribution in [0.4, 0.5) is 4.39 Å². The molecule has 3 aromatic rings. The maximum absolute atomic E-state index is 14.4. The number of likely N-dealkylation sites (tertiary alicyclic amines) is 1. The van der Waals surface area contributed by atoms with E-state index in [-0.39, 0.29) is 5.82 Å². The Morgan fingerprint density at radius 1 is 1.00 bits per heavy atom. The first kappa shape index (κ1) is 23.9. The fourth-order valence-electron chi connectivity index (χ4n) is 3.50. The van der Waals surface area contributed by atoms with Crippen LogP contribution in [0.2, 0.25) is 0 Å². The van der Waals surface area contributed by atoms with Gasteiger partial charge < -0.3 is 4.90 Å². The molecule has 1 saturated heterocycles. The first-order valence-electron chi connectivity index (χ1n) is 11.3. The van der Waals surface area contributed by atoms with E-state index in [2.05, 4.69) is 33.8 Å². The van der Waals surface area contributed by atoms with Gasteiger partial charge in [0.25, 0.3) is 0 Å². The van der Waals surface area contributed by atoms with Gasteiger partial charge in [0.2, 0.25) is 0 Å². The Labute approximate surface area is 180 Å². The molecule has 0 amide bonds. The molecular formula is C24H36FN5. The quantitative estimate of drug-likeness (QED) is 0.537. The number of hydrogen-bond donors (Lipinski definition) is 0. The summed E-state index contributed by atoms with van der Waals surface area (Å²) in [5.41, 5.74) is 2.76. The number of halogens is 1. The minimum absolute atomic E-state index is 0.263. The zero-order valence-corrected chi connectivity index (χ0v) is 19.2. The Kier molecular flexibility index (Phi) is 9.87. The van der Waals surface area contributed by atoms with Crippen molar-refractivity contribution < 1.29 is 4.39 Å². The average molecular weight is 414 g/mol. The molecule has 1 fully saturated rings. The highest BCUT2D eigenvalue weighted by Gasteiger charge is 2.16. The summed E-state index contributed by atoms with van der Waals surface area (Å²) in [5.74, 6) is -0.263. The molecule has 30 heavy (non-hydrogen) atoms. The van der Waals surface area contributed by atoms with Gasteiger partial charge in [-0.3, -0.25) is 0 Å². The molecule has 0 atom stereocenters. The minimum atomic E-state index is -0.263. The third-order valence-corrected chi connectivity index (χ3v) is 4.89. The van der Waals surface area contributed by atoms with Crippen molar-refractivity contribution in [3.05, 3.63) is 42.1 Å². The number of nitrogens with zero attached hydrogens (tertiary/aromatic N) is 5. The van der Waals surface area contributed by atoms with Gasteiger partial charge in [-0.05, 0) is 50.6 Å². The molecule has 0 bridgehead atoms. The number of piperidine rings is 1. The van der Waals surface area contributed by atoms with E-state index in [1.165, 1.54) is 38.1 Å². The summed E-state index contributed by atoms with van der Waals surface area (Å²) in [7, 11) is 0. The van der Waals surface area contributed by atoms with E-state index in [0.29, 0.717) is 11.3 Å². The highest BCUT2D eigenvalue weighted by molar-refractivity contribution is 5.90. The Hall–Kier alpha value is -2.34. The third kappa shape index (κ3) is 6.08. The molecule has 1 aliphatic rings. The van der Waals surface area contributed by atoms with E-state index in [9.17, 15) is 4.39 Å². The van der Waals surface area contributed by atoms with Gasteiger partial charge in [-0.15, -0.1) is 0 Å². The summed E-state index contributed by atoms with van der Waals surface area (Å²) in [5, 5.41) is 5.27. The lowest BCUT2D eigenvalue weighted by atomic mass is 10.1. The maximum Gasteiger partial charge on any atom is 0.161 e. The second-order valence-electron chi connectivity index (χ2n) is 7.42. The lowest BCUT2D eigenvalue weighted by molar-refractivity contribution is 0.219. The van der Waals surface area contributed by atoms with E-state index >= 15 is 0 Å². The van der Waals surface area contributed by atoms with Gasteiger partial charge in [-0.2, -0.15) is 5.10 Å². The predicted octanol–water partition coefficient (Wildman–Crippen LogP) is 5.87. The van der Waals surface area contributed by atoms with Crippen molar-refractivity contribution in [2.45, 2.75) is 66.8 Å². The highest BCUT2D eigenvalue weighted by Crippen LogP contribution is 2.27. The Morgan fingerprint density at radius 2 is 1.70 bits per heavy atom. The van der Waals surface area contributed by atoms with E-state index in [0.717, 1.165) is 42.8 Å². The van der Waals surface area contributed by atoms with Crippen LogP contribution in [-0.4, -0.2) is 44.3 Å². The molecule has 1 aliphatic heterocycles. The van der Waals surface area contributed by atoms with Gasteiger partial charge in [-0.1, -0.05) is 46.6 Å². The topological polar surface area (TPSA) is 46.8 Å². The fraction of sp³-hybridized carbons (Fsp3) is 0.542. The van der Waals surface area contributed by atoms with Crippen LogP contribution in [0.1, 0.15) is 58.9 Å². The molecule has 0 unspecified atom stereocenters. The Balaban J connectivity index is 0.000000590. The van der Waals surface area contributed by atoms with Crippen molar-refractivity contribution in [3.63, 3.8) is 0 Å². The molecule has 1 aromatic carbocycles. The number of benzene rings is 1. The van der Waals surface area contributed by atoms with Gasteiger partial charge in [0.1, 0.15) is 12.1 Å². The second kappa shape index (κ2) is 12.4. The van der Waals surface area contributed by atoms with Crippen molar-refractivity contribution in [2.75, 3.05) is 19.6 Å². The normalized spacial score (nSPS) is 13.9. The van der Waals surface area contributed by atoms with Crippen LogP contribution in [0, 0.1) is 12.7 Å². The standard InChI is InChI=1S/C19H22FN5.C3H8.C2H6/c1-14-5-6-15(17(20)11-14)18-16-12-23-25(19(16)22-13-21-18)10-9-24-7-3-2-4-8-24;1-3-2;1-2/h5-6,11-13H,2-4,7-10H2,1H3;3H2,1-2H3;1-2H3. The van der Waals surface area contributed by atoms with Crippen LogP contribution in [0.25, 0.3) is 22.3 Å². The van der Waals surface area contributed by atoms with Crippen LogP contribution >= 0.6 is 0 Å². The van der Waals surface area contributed by atoms with Gasteiger partial charge in [0, 0.05) is 12.1 Å². The van der Waals surface area contributed by atoms with E-state index in [4.69, 9.17) is 0 Å². The number of fused-ring (bicyclic) bond motifs is 1. The molecule has 6 heteroatoms. The summed E-state index contributed by atoms with van der Waals surface area (Å²) in [6.45, 7) is 14.2. The average Bonchev–Trinajstić information content (AvgIpc) is 3.19. The smallest absolute Gasteiger partial charge is 0.161 e. The van der Waals surface area contributed by atoms with Crippen LogP contribution in [0.15, 0.2) is 30.7 Å². The van der Waals surface area contributed by atoms with Gasteiger partial charge >= 0.3 is 0 Å². The highest BCUT2D eigenvalue weighted by atomic mass is 19.1. The molecule has 5 nitrogen and oxygen atoms in total. The zero-order chi connectivity index (χ0) is 21.9. The zero-order valence-electron chi connectivity index (χ0n) is 19.2. The van der Waals surface area contributed by atoms with Crippen LogP contribution in [0.3, 0.4) is 0 Å². The van der Waals surface area contributed by atoms with Crippen LogP contribution in [-0.2, 0) is 6.54 Å². The summed E-state index contributed by atoms with van der Waals surface area (Å²) < 4.78 is 16.3. The largest absolute Gasteiger partial charge is 0.301 e. The molecule has 0 spiro atoms. The number of aromatic nitrogens is 4. The molecule has 0 N–H and O–H groups in total. The van der Waals surface area contributed by atoms with Crippen molar-refractivity contribution >= 4 is 11.0 Å².